The van der Waals surface area contributed by atoms with Gasteiger partial charge in [-0.2, -0.15) is 0 Å². The summed E-state index contributed by atoms with van der Waals surface area (Å²) in [6.45, 7) is 0.876. The Balaban J connectivity index is 1.77. The number of rotatable bonds is 3. The standard InChI is InChI=1S/C21H20N2O4/c24-15-8-9-18(25)17(11-15)16-7-4-10-23-19(26)13-22(21(27)20(16)23)12-14-5-2-1-3-6-14/h1-3,5-6,8-9,11,24-25H,4,7,10,12-13H2. The number of benzene rings is 2. The number of hydrogen-bond acceptors (Lipinski definition) is 4. The molecule has 2 heterocycles. The molecule has 0 saturated carbocycles. The fourth-order valence-electron chi connectivity index (χ4n) is 3.73. The van der Waals surface area contributed by atoms with Crippen LogP contribution >= 0.6 is 0 Å². The monoisotopic (exact) mass is 364 g/mol. The van der Waals surface area contributed by atoms with E-state index in [2.05, 4.69) is 0 Å². The van der Waals surface area contributed by atoms with E-state index in [4.69, 9.17) is 0 Å². The molecule has 6 heteroatoms. The first kappa shape index (κ1) is 17.1. The number of fused-ring (bicyclic) bond motifs is 1. The van der Waals surface area contributed by atoms with Gasteiger partial charge in [0, 0.05) is 18.7 Å². The minimum absolute atomic E-state index is 0.00347. The number of phenols is 2. The van der Waals surface area contributed by atoms with E-state index in [1.807, 2.05) is 30.3 Å². The first-order valence-corrected chi connectivity index (χ1v) is 8.93. The summed E-state index contributed by atoms with van der Waals surface area (Å²) < 4.78 is 0. The van der Waals surface area contributed by atoms with Crippen molar-refractivity contribution in [2.24, 2.45) is 0 Å². The van der Waals surface area contributed by atoms with Gasteiger partial charge in [0.15, 0.2) is 0 Å². The number of amides is 2. The zero-order valence-electron chi connectivity index (χ0n) is 14.8. The van der Waals surface area contributed by atoms with Crippen LogP contribution in [0.2, 0.25) is 0 Å². The van der Waals surface area contributed by atoms with Crippen molar-refractivity contribution in [1.82, 2.24) is 9.80 Å². The average Bonchev–Trinajstić information content (AvgIpc) is 2.68. The highest BCUT2D eigenvalue weighted by Gasteiger charge is 2.39. The lowest BCUT2D eigenvalue weighted by atomic mass is 9.92. The van der Waals surface area contributed by atoms with E-state index < -0.39 is 0 Å². The van der Waals surface area contributed by atoms with Crippen molar-refractivity contribution in [2.75, 3.05) is 13.1 Å². The fraction of sp³-hybridized carbons (Fsp3) is 0.238. The third kappa shape index (κ3) is 3.14. The van der Waals surface area contributed by atoms with Crippen LogP contribution in [0.25, 0.3) is 5.57 Å². The Kier molecular flexibility index (Phi) is 4.32. The number of nitrogens with zero attached hydrogens (tertiary/aromatic N) is 2. The summed E-state index contributed by atoms with van der Waals surface area (Å²) in [5.41, 5.74) is 2.27. The average molecular weight is 364 g/mol. The minimum atomic E-state index is -0.226. The second kappa shape index (κ2) is 6.79. The van der Waals surface area contributed by atoms with E-state index in [0.717, 1.165) is 5.56 Å². The van der Waals surface area contributed by atoms with Gasteiger partial charge in [-0.25, -0.2) is 0 Å². The second-order valence-electron chi connectivity index (χ2n) is 6.82. The maximum Gasteiger partial charge on any atom is 0.271 e. The molecule has 0 bridgehead atoms. The predicted octanol–water partition coefficient (Wildman–Crippen LogP) is 2.47. The molecule has 2 aromatic carbocycles. The SMILES string of the molecule is O=C1C2=C(c3cc(O)ccc3O)CCCN2C(=O)CN1Cc1ccccc1. The van der Waals surface area contributed by atoms with Gasteiger partial charge in [0.1, 0.15) is 23.7 Å². The fourth-order valence-corrected chi connectivity index (χ4v) is 3.73. The number of hydrogen-bond donors (Lipinski definition) is 2. The van der Waals surface area contributed by atoms with E-state index in [0.29, 0.717) is 42.8 Å². The van der Waals surface area contributed by atoms with Crippen molar-refractivity contribution in [3.8, 4) is 11.5 Å². The van der Waals surface area contributed by atoms with Crippen LogP contribution in [0.5, 0.6) is 11.5 Å². The maximum atomic E-state index is 13.2. The molecule has 2 amide bonds. The number of phenolic OH excluding ortho intramolecular Hbond substituents is 2. The van der Waals surface area contributed by atoms with Gasteiger partial charge >= 0.3 is 0 Å². The summed E-state index contributed by atoms with van der Waals surface area (Å²) in [5.74, 6) is -0.366. The smallest absolute Gasteiger partial charge is 0.271 e. The van der Waals surface area contributed by atoms with E-state index in [9.17, 15) is 19.8 Å². The molecular weight excluding hydrogens is 344 g/mol. The molecule has 27 heavy (non-hydrogen) atoms. The topological polar surface area (TPSA) is 81.1 Å². The van der Waals surface area contributed by atoms with Crippen molar-refractivity contribution < 1.29 is 19.8 Å². The molecule has 4 rings (SSSR count). The number of piperazine rings is 1. The lowest BCUT2D eigenvalue weighted by Gasteiger charge is -2.39. The van der Waals surface area contributed by atoms with Crippen LogP contribution in [-0.2, 0) is 16.1 Å². The van der Waals surface area contributed by atoms with Crippen LogP contribution in [0, 0.1) is 0 Å². The lowest BCUT2D eigenvalue weighted by molar-refractivity contribution is -0.146. The van der Waals surface area contributed by atoms with Gasteiger partial charge < -0.3 is 20.0 Å². The molecule has 2 N–H and O–H groups in total. The van der Waals surface area contributed by atoms with E-state index >= 15 is 0 Å². The normalized spacial score (nSPS) is 17.3. The molecule has 2 aromatic rings. The van der Waals surface area contributed by atoms with Gasteiger partial charge in [0.25, 0.3) is 5.91 Å². The van der Waals surface area contributed by atoms with E-state index in [-0.39, 0.29) is 29.9 Å². The lowest BCUT2D eigenvalue weighted by Crippen LogP contribution is -2.53. The van der Waals surface area contributed by atoms with Crippen LogP contribution in [-0.4, -0.2) is 44.9 Å². The molecule has 1 saturated heterocycles. The Hall–Kier alpha value is -3.28. The summed E-state index contributed by atoms with van der Waals surface area (Å²) in [7, 11) is 0. The molecule has 0 radical (unpaired) electrons. The Bertz CT molecular complexity index is 936. The van der Waals surface area contributed by atoms with Gasteiger partial charge in [0.2, 0.25) is 5.91 Å². The molecule has 0 aliphatic carbocycles. The van der Waals surface area contributed by atoms with E-state index in [1.54, 1.807) is 0 Å². The Labute approximate surface area is 157 Å². The molecule has 0 aromatic heterocycles. The summed E-state index contributed by atoms with van der Waals surface area (Å²) >= 11 is 0. The minimum Gasteiger partial charge on any atom is -0.508 e. The molecule has 0 spiro atoms. The maximum absolute atomic E-state index is 13.2. The van der Waals surface area contributed by atoms with Crippen molar-refractivity contribution in [3.05, 3.63) is 65.4 Å². The van der Waals surface area contributed by atoms with Crippen molar-refractivity contribution >= 4 is 17.4 Å². The largest absolute Gasteiger partial charge is 0.508 e. The molecule has 6 nitrogen and oxygen atoms in total. The predicted molar refractivity (Wildman–Crippen MR) is 99.5 cm³/mol. The zero-order chi connectivity index (χ0) is 19.0. The van der Waals surface area contributed by atoms with E-state index in [1.165, 1.54) is 28.0 Å². The number of carbonyl (C=O) groups is 2. The van der Waals surface area contributed by atoms with Crippen molar-refractivity contribution in [2.45, 2.75) is 19.4 Å². The van der Waals surface area contributed by atoms with Gasteiger partial charge in [-0.05, 0) is 42.2 Å². The summed E-state index contributed by atoms with van der Waals surface area (Å²) in [5, 5.41) is 20.1. The molecule has 0 atom stereocenters. The highest BCUT2D eigenvalue weighted by atomic mass is 16.3. The molecule has 138 valence electrons. The molecule has 1 fully saturated rings. The molecule has 2 aliphatic rings. The highest BCUT2D eigenvalue weighted by Crippen LogP contribution is 2.38. The number of aromatic hydroxyl groups is 2. The van der Waals surface area contributed by atoms with Gasteiger partial charge in [-0.3, -0.25) is 9.59 Å². The Morgan fingerprint density at radius 1 is 1.00 bits per heavy atom. The number of allylic oxidation sites excluding steroid dienone is 1. The van der Waals surface area contributed by atoms with Gasteiger partial charge in [-0.1, -0.05) is 30.3 Å². The van der Waals surface area contributed by atoms with Crippen LogP contribution in [0.15, 0.2) is 54.2 Å². The van der Waals surface area contributed by atoms with Crippen LogP contribution in [0.3, 0.4) is 0 Å². The molecule has 2 aliphatic heterocycles. The third-order valence-corrected chi connectivity index (χ3v) is 5.00. The van der Waals surface area contributed by atoms with Gasteiger partial charge in [0.05, 0.1) is 0 Å². The highest BCUT2D eigenvalue weighted by molar-refractivity contribution is 6.09. The van der Waals surface area contributed by atoms with Crippen molar-refractivity contribution in [3.63, 3.8) is 0 Å². The first-order valence-electron chi connectivity index (χ1n) is 8.93. The second-order valence-corrected chi connectivity index (χ2v) is 6.82. The Morgan fingerprint density at radius 3 is 2.56 bits per heavy atom. The third-order valence-electron chi connectivity index (χ3n) is 5.00. The summed E-state index contributed by atoms with van der Waals surface area (Å²) in [6.07, 6.45) is 1.26. The molecular formula is C21H20N2O4. The van der Waals surface area contributed by atoms with Crippen LogP contribution < -0.4 is 0 Å². The van der Waals surface area contributed by atoms with Gasteiger partial charge in [-0.15, -0.1) is 0 Å². The van der Waals surface area contributed by atoms with Crippen LogP contribution in [0.1, 0.15) is 24.0 Å². The zero-order valence-corrected chi connectivity index (χ0v) is 14.8. The Morgan fingerprint density at radius 2 is 1.78 bits per heavy atom. The summed E-state index contributed by atoms with van der Waals surface area (Å²) in [4.78, 5) is 29.0. The quantitative estimate of drug-likeness (QED) is 0.820. The first-order chi connectivity index (χ1) is 13.0. The molecule has 0 unspecified atom stereocenters. The van der Waals surface area contributed by atoms with Crippen molar-refractivity contribution in [1.29, 1.82) is 0 Å². The van der Waals surface area contributed by atoms with Crippen LogP contribution in [0.4, 0.5) is 0 Å². The number of carbonyl (C=O) groups excluding carboxylic acids is 2. The summed E-state index contributed by atoms with van der Waals surface area (Å²) in [6, 6.07) is 13.8.